The zero-order chi connectivity index (χ0) is 11.1. The molecule has 1 aliphatic heterocycles. The van der Waals surface area contributed by atoms with Crippen LogP contribution in [0.25, 0.3) is 0 Å². The lowest BCUT2D eigenvalue weighted by molar-refractivity contribution is -0.374. The lowest BCUT2D eigenvalue weighted by atomic mass is 10.7. The van der Waals surface area contributed by atoms with Crippen molar-refractivity contribution in [3.05, 3.63) is 0 Å². The molecule has 0 aromatic heterocycles. The van der Waals surface area contributed by atoms with E-state index >= 15 is 0 Å². The molecule has 6 heteroatoms. The van der Waals surface area contributed by atoms with Crippen LogP contribution in [-0.4, -0.2) is 68.2 Å². The van der Waals surface area contributed by atoms with Gasteiger partial charge in [0.1, 0.15) is 0 Å². The Labute approximate surface area is 98.4 Å². The standard InChI is InChI=1S/C4H9O3.C2H6O2.C2H4O.2CH4/c5-1-3-7-4-2-6;3-1-2-4;1-2-3-1;;/h5H,1-4H2;3-4H,1-2H2;1-2H2;2*1H4/q-1;;;;. The first-order valence-corrected chi connectivity index (χ1v) is 4.39. The number of hydrogen-bond donors (Lipinski definition) is 3. The van der Waals surface area contributed by atoms with E-state index in [2.05, 4.69) is 9.47 Å². The maximum atomic E-state index is 9.60. The molecule has 0 amide bonds. The summed E-state index contributed by atoms with van der Waals surface area (Å²) in [5.74, 6) is 0. The lowest BCUT2D eigenvalue weighted by Gasteiger charge is -2.01. The van der Waals surface area contributed by atoms with E-state index in [0.29, 0.717) is 0 Å². The van der Waals surface area contributed by atoms with Crippen LogP contribution < -0.4 is 5.11 Å². The average Bonchev–Trinajstić information content (AvgIpc) is 3.06. The first kappa shape index (κ1) is 24.8. The third-order valence-corrected chi connectivity index (χ3v) is 0.767. The average molecular weight is 243 g/mol. The summed E-state index contributed by atoms with van der Waals surface area (Å²) >= 11 is 0. The molecule has 1 rings (SSSR count). The first-order chi connectivity index (χ1) is 6.83. The van der Waals surface area contributed by atoms with E-state index in [-0.39, 0.29) is 54.5 Å². The normalized spacial score (nSPS) is 10.5. The van der Waals surface area contributed by atoms with Gasteiger partial charge in [-0.2, -0.15) is 0 Å². The van der Waals surface area contributed by atoms with Gasteiger partial charge in [-0.25, -0.2) is 0 Å². The van der Waals surface area contributed by atoms with Gasteiger partial charge in [-0.1, -0.05) is 14.9 Å². The van der Waals surface area contributed by atoms with Crippen LogP contribution in [0, 0.1) is 0 Å². The second kappa shape index (κ2) is 29.3. The third-order valence-electron chi connectivity index (χ3n) is 0.767. The molecule has 0 bridgehead atoms. The largest absolute Gasteiger partial charge is 0.853 e. The molecule has 6 nitrogen and oxygen atoms in total. The molecule has 16 heavy (non-hydrogen) atoms. The van der Waals surface area contributed by atoms with Crippen LogP contribution in [0.2, 0.25) is 0 Å². The molecule has 1 heterocycles. The Bertz CT molecular complexity index is 71.0. The molecule has 0 aromatic carbocycles. The fourth-order valence-electron chi connectivity index (χ4n) is 0.226. The van der Waals surface area contributed by atoms with Gasteiger partial charge in [-0.3, -0.25) is 0 Å². The summed E-state index contributed by atoms with van der Waals surface area (Å²) in [6.07, 6.45) is 0. The maximum Gasteiger partial charge on any atom is 0.0701 e. The van der Waals surface area contributed by atoms with Crippen LogP contribution in [0.1, 0.15) is 14.9 Å². The van der Waals surface area contributed by atoms with Gasteiger partial charge in [0, 0.05) is 6.61 Å². The zero-order valence-electron chi connectivity index (χ0n) is 8.22. The van der Waals surface area contributed by atoms with Crippen LogP contribution in [-0.2, 0) is 9.47 Å². The predicted molar refractivity (Wildman–Crippen MR) is 61.2 cm³/mol. The Morgan fingerprint density at radius 1 is 0.938 bits per heavy atom. The van der Waals surface area contributed by atoms with Gasteiger partial charge in [-0.15, -0.1) is 6.61 Å². The summed E-state index contributed by atoms with van der Waals surface area (Å²) in [4.78, 5) is 0. The van der Waals surface area contributed by atoms with Crippen molar-refractivity contribution in [2.75, 3.05) is 52.9 Å². The molecule has 0 radical (unpaired) electrons. The third kappa shape index (κ3) is 67.5. The topological polar surface area (TPSA) is 106 Å². The highest BCUT2D eigenvalue weighted by Crippen LogP contribution is 1.84. The fourth-order valence-corrected chi connectivity index (χ4v) is 0.226. The Kier molecular flexibility index (Phi) is 45.5. The highest BCUT2D eigenvalue weighted by molar-refractivity contribution is 4.36. The Morgan fingerprint density at radius 2 is 1.38 bits per heavy atom. The molecule has 1 fully saturated rings. The van der Waals surface area contributed by atoms with Crippen molar-refractivity contribution in [1.29, 1.82) is 0 Å². The Morgan fingerprint density at radius 3 is 1.56 bits per heavy atom. The van der Waals surface area contributed by atoms with Crippen molar-refractivity contribution in [1.82, 2.24) is 0 Å². The number of epoxide rings is 1. The van der Waals surface area contributed by atoms with E-state index in [1.165, 1.54) is 0 Å². The lowest BCUT2D eigenvalue weighted by Crippen LogP contribution is -2.14. The van der Waals surface area contributed by atoms with Crippen molar-refractivity contribution in [2.24, 2.45) is 0 Å². The number of aliphatic hydroxyl groups is 3. The van der Waals surface area contributed by atoms with Gasteiger partial charge in [0.15, 0.2) is 0 Å². The first-order valence-electron chi connectivity index (χ1n) is 4.39. The number of ether oxygens (including phenoxy) is 2. The minimum atomic E-state index is -0.222. The van der Waals surface area contributed by atoms with Crippen LogP contribution >= 0.6 is 0 Å². The molecule has 0 saturated carbocycles. The predicted octanol–water partition coefficient (Wildman–Crippen LogP) is -1.38. The van der Waals surface area contributed by atoms with Gasteiger partial charge in [0.05, 0.1) is 39.6 Å². The van der Waals surface area contributed by atoms with Gasteiger partial charge in [0.25, 0.3) is 0 Å². The van der Waals surface area contributed by atoms with Crippen molar-refractivity contribution >= 4 is 0 Å². The quantitative estimate of drug-likeness (QED) is 0.406. The number of hydrogen-bond acceptors (Lipinski definition) is 6. The van der Waals surface area contributed by atoms with Crippen molar-refractivity contribution < 1.29 is 29.9 Å². The molecule has 0 aromatic rings. The van der Waals surface area contributed by atoms with Crippen molar-refractivity contribution in [3.63, 3.8) is 0 Å². The fraction of sp³-hybridized carbons (Fsp3) is 1.00. The molecular weight excluding hydrogens is 216 g/mol. The highest BCUT2D eigenvalue weighted by Gasteiger charge is 1.94. The Balaban J connectivity index is -0.0000000688. The molecule has 104 valence electrons. The second-order valence-electron chi connectivity index (χ2n) is 2.10. The molecular formula is C10H27O6-. The van der Waals surface area contributed by atoms with Gasteiger partial charge < -0.3 is 29.9 Å². The van der Waals surface area contributed by atoms with Crippen molar-refractivity contribution in [3.8, 4) is 0 Å². The molecule has 1 saturated heterocycles. The molecule has 0 spiro atoms. The second-order valence-corrected chi connectivity index (χ2v) is 2.10. The van der Waals surface area contributed by atoms with E-state index in [1.54, 1.807) is 0 Å². The van der Waals surface area contributed by atoms with Crippen LogP contribution in [0.5, 0.6) is 0 Å². The monoisotopic (exact) mass is 243 g/mol. The van der Waals surface area contributed by atoms with Crippen molar-refractivity contribution in [2.45, 2.75) is 14.9 Å². The summed E-state index contributed by atoms with van der Waals surface area (Å²) in [5, 5.41) is 32.9. The Hall–Kier alpha value is -0.240. The van der Waals surface area contributed by atoms with E-state index < -0.39 is 0 Å². The van der Waals surface area contributed by atoms with Crippen LogP contribution in [0.15, 0.2) is 0 Å². The number of aliphatic hydroxyl groups excluding tert-OH is 3. The van der Waals surface area contributed by atoms with E-state index in [9.17, 15) is 5.11 Å². The molecule has 1 aliphatic rings. The van der Waals surface area contributed by atoms with E-state index in [1.807, 2.05) is 0 Å². The summed E-state index contributed by atoms with van der Waals surface area (Å²) in [7, 11) is 0. The minimum Gasteiger partial charge on any atom is -0.853 e. The van der Waals surface area contributed by atoms with Crippen LogP contribution in [0.3, 0.4) is 0 Å². The maximum absolute atomic E-state index is 9.60. The van der Waals surface area contributed by atoms with Gasteiger partial charge in [0.2, 0.25) is 0 Å². The van der Waals surface area contributed by atoms with E-state index in [4.69, 9.17) is 15.3 Å². The molecule has 3 N–H and O–H groups in total. The summed E-state index contributed by atoms with van der Waals surface area (Å²) < 4.78 is 9.07. The molecule has 0 unspecified atom stereocenters. The SMILES string of the molecule is C.C.C1CO1.OCCO.[O-]CCOCCO. The smallest absolute Gasteiger partial charge is 0.0701 e. The summed E-state index contributed by atoms with van der Waals surface area (Å²) in [6.45, 7) is 2.02. The summed E-state index contributed by atoms with van der Waals surface area (Å²) in [6, 6.07) is 0. The van der Waals surface area contributed by atoms with Gasteiger partial charge in [-0.05, 0) is 0 Å². The zero-order valence-corrected chi connectivity index (χ0v) is 8.22. The van der Waals surface area contributed by atoms with E-state index in [0.717, 1.165) is 13.2 Å². The minimum absolute atomic E-state index is 0. The van der Waals surface area contributed by atoms with Gasteiger partial charge >= 0.3 is 0 Å². The molecule has 0 aliphatic carbocycles. The number of rotatable bonds is 5. The summed E-state index contributed by atoms with van der Waals surface area (Å²) in [5.41, 5.74) is 0. The van der Waals surface area contributed by atoms with Crippen LogP contribution in [0.4, 0.5) is 0 Å². The molecule has 0 atom stereocenters. The highest BCUT2D eigenvalue weighted by atomic mass is 16.6.